The van der Waals surface area contributed by atoms with Crippen LogP contribution < -0.4 is 5.32 Å². The standard InChI is InChI=1S/C17H25ClN2O2/c1-6-7-10-20(5)16(22)17(3,4)15(21)19-13-9-8-12(2)14(18)11-13/h8-9,11H,6-7,10H2,1-5H3,(H,19,21). The maximum absolute atomic E-state index is 12.5. The molecule has 0 bridgehead atoms. The van der Waals surface area contributed by atoms with Crippen LogP contribution in [0.2, 0.25) is 5.02 Å². The molecule has 0 fully saturated rings. The Hall–Kier alpha value is -1.55. The predicted octanol–water partition coefficient (Wildman–Crippen LogP) is 3.87. The van der Waals surface area contributed by atoms with Crippen LogP contribution in [0.3, 0.4) is 0 Å². The first-order valence-electron chi connectivity index (χ1n) is 7.53. The molecule has 0 heterocycles. The molecule has 0 radical (unpaired) electrons. The number of rotatable bonds is 6. The van der Waals surface area contributed by atoms with Crippen molar-refractivity contribution in [1.29, 1.82) is 0 Å². The molecule has 122 valence electrons. The summed E-state index contributed by atoms with van der Waals surface area (Å²) in [6, 6.07) is 5.30. The first-order valence-corrected chi connectivity index (χ1v) is 7.91. The average Bonchev–Trinajstić information content (AvgIpc) is 2.47. The van der Waals surface area contributed by atoms with Gasteiger partial charge in [-0.15, -0.1) is 0 Å². The molecule has 1 aromatic carbocycles. The second-order valence-corrected chi connectivity index (χ2v) is 6.53. The molecule has 0 aliphatic rings. The minimum Gasteiger partial charge on any atom is -0.345 e. The Kier molecular flexibility index (Phi) is 6.42. The molecular weight excluding hydrogens is 300 g/mol. The summed E-state index contributed by atoms with van der Waals surface area (Å²) in [7, 11) is 1.73. The van der Waals surface area contributed by atoms with E-state index in [4.69, 9.17) is 11.6 Å². The summed E-state index contributed by atoms with van der Waals surface area (Å²) < 4.78 is 0. The van der Waals surface area contributed by atoms with Crippen LogP contribution >= 0.6 is 11.6 Å². The second-order valence-electron chi connectivity index (χ2n) is 6.12. The van der Waals surface area contributed by atoms with Crippen LogP contribution in [-0.4, -0.2) is 30.3 Å². The summed E-state index contributed by atoms with van der Waals surface area (Å²) >= 11 is 6.06. The molecule has 0 saturated carbocycles. The van der Waals surface area contributed by atoms with Gasteiger partial charge in [-0.25, -0.2) is 0 Å². The van der Waals surface area contributed by atoms with Crippen LogP contribution in [0.1, 0.15) is 39.2 Å². The van der Waals surface area contributed by atoms with Gasteiger partial charge in [0.25, 0.3) is 0 Å². The molecule has 0 saturated heterocycles. The second kappa shape index (κ2) is 7.63. The van der Waals surface area contributed by atoms with Crippen LogP contribution in [0.25, 0.3) is 0 Å². The number of anilines is 1. The number of halogens is 1. The van der Waals surface area contributed by atoms with Crippen LogP contribution in [0.15, 0.2) is 18.2 Å². The van der Waals surface area contributed by atoms with Gasteiger partial charge in [-0.1, -0.05) is 31.0 Å². The fourth-order valence-electron chi connectivity index (χ4n) is 2.03. The van der Waals surface area contributed by atoms with Crippen molar-refractivity contribution < 1.29 is 9.59 Å². The van der Waals surface area contributed by atoms with Gasteiger partial charge in [0.2, 0.25) is 11.8 Å². The molecule has 0 aliphatic heterocycles. The van der Waals surface area contributed by atoms with Gasteiger partial charge in [-0.2, -0.15) is 0 Å². The van der Waals surface area contributed by atoms with Crippen LogP contribution in [-0.2, 0) is 9.59 Å². The van der Waals surface area contributed by atoms with Gasteiger partial charge >= 0.3 is 0 Å². The molecule has 0 unspecified atom stereocenters. The number of aryl methyl sites for hydroxylation is 1. The van der Waals surface area contributed by atoms with Gasteiger partial charge in [0.05, 0.1) is 0 Å². The summed E-state index contributed by atoms with van der Waals surface area (Å²) in [5, 5.41) is 3.36. The lowest BCUT2D eigenvalue weighted by Gasteiger charge is -2.28. The molecule has 2 amide bonds. The molecule has 0 aliphatic carbocycles. The highest BCUT2D eigenvalue weighted by molar-refractivity contribution is 6.31. The molecule has 1 aromatic rings. The Bertz CT molecular complexity index is 556. The Morgan fingerprint density at radius 1 is 1.32 bits per heavy atom. The first-order chi connectivity index (χ1) is 10.2. The lowest BCUT2D eigenvalue weighted by atomic mass is 9.90. The highest BCUT2D eigenvalue weighted by atomic mass is 35.5. The fraction of sp³-hybridized carbons (Fsp3) is 0.529. The summed E-state index contributed by atoms with van der Waals surface area (Å²) in [5.74, 6) is -0.516. The third kappa shape index (κ3) is 4.47. The van der Waals surface area contributed by atoms with E-state index in [1.165, 1.54) is 0 Å². The molecule has 0 spiro atoms. The quantitative estimate of drug-likeness (QED) is 0.807. The van der Waals surface area contributed by atoms with Gasteiger partial charge in [0.15, 0.2) is 0 Å². The molecule has 1 rings (SSSR count). The molecular formula is C17H25ClN2O2. The number of hydrogen-bond acceptors (Lipinski definition) is 2. The molecule has 0 aromatic heterocycles. The van der Waals surface area contributed by atoms with E-state index in [-0.39, 0.29) is 11.8 Å². The molecule has 1 N–H and O–H groups in total. The van der Waals surface area contributed by atoms with Gasteiger partial charge in [-0.3, -0.25) is 9.59 Å². The van der Waals surface area contributed by atoms with Crippen molar-refractivity contribution in [2.75, 3.05) is 18.9 Å². The Balaban J connectivity index is 2.80. The number of hydrogen-bond donors (Lipinski definition) is 1. The number of carbonyl (C=O) groups excluding carboxylic acids is 2. The number of benzene rings is 1. The van der Waals surface area contributed by atoms with Crippen molar-refractivity contribution in [3.63, 3.8) is 0 Å². The highest BCUT2D eigenvalue weighted by Gasteiger charge is 2.38. The third-order valence-corrected chi connectivity index (χ3v) is 4.13. The Labute approximate surface area is 137 Å². The van der Waals surface area contributed by atoms with E-state index >= 15 is 0 Å². The van der Waals surface area contributed by atoms with E-state index in [0.29, 0.717) is 17.3 Å². The number of unbranched alkanes of at least 4 members (excludes halogenated alkanes) is 1. The highest BCUT2D eigenvalue weighted by Crippen LogP contribution is 2.24. The first kappa shape index (κ1) is 18.5. The molecule has 0 atom stereocenters. The maximum atomic E-state index is 12.5. The van der Waals surface area contributed by atoms with Gasteiger partial charge < -0.3 is 10.2 Å². The van der Waals surface area contributed by atoms with E-state index in [2.05, 4.69) is 12.2 Å². The van der Waals surface area contributed by atoms with Crippen molar-refractivity contribution in [3.05, 3.63) is 28.8 Å². The van der Waals surface area contributed by atoms with E-state index in [0.717, 1.165) is 18.4 Å². The Morgan fingerprint density at radius 3 is 2.50 bits per heavy atom. The van der Waals surface area contributed by atoms with Crippen molar-refractivity contribution in [1.82, 2.24) is 4.90 Å². The van der Waals surface area contributed by atoms with E-state index in [1.54, 1.807) is 37.9 Å². The minimum atomic E-state index is -1.13. The number of nitrogens with zero attached hydrogens (tertiary/aromatic N) is 1. The van der Waals surface area contributed by atoms with Crippen molar-refractivity contribution >= 4 is 29.1 Å². The topological polar surface area (TPSA) is 49.4 Å². The zero-order valence-corrected chi connectivity index (χ0v) is 14.8. The van der Waals surface area contributed by atoms with Crippen molar-refractivity contribution in [2.24, 2.45) is 5.41 Å². The zero-order chi connectivity index (χ0) is 16.9. The maximum Gasteiger partial charge on any atom is 0.239 e. The summed E-state index contributed by atoms with van der Waals surface area (Å²) in [6.45, 7) is 7.90. The van der Waals surface area contributed by atoms with Crippen LogP contribution in [0.5, 0.6) is 0 Å². The summed E-state index contributed by atoms with van der Waals surface area (Å²) in [6.07, 6.45) is 1.93. The fourth-order valence-corrected chi connectivity index (χ4v) is 2.21. The van der Waals surface area contributed by atoms with Gasteiger partial charge in [0, 0.05) is 24.3 Å². The summed E-state index contributed by atoms with van der Waals surface area (Å²) in [4.78, 5) is 26.5. The number of carbonyl (C=O) groups is 2. The smallest absolute Gasteiger partial charge is 0.239 e. The number of amides is 2. The summed E-state index contributed by atoms with van der Waals surface area (Å²) in [5.41, 5.74) is 0.409. The Morgan fingerprint density at radius 2 is 1.95 bits per heavy atom. The number of nitrogens with one attached hydrogen (secondary N) is 1. The largest absolute Gasteiger partial charge is 0.345 e. The van der Waals surface area contributed by atoms with Crippen molar-refractivity contribution in [2.45, 2.75) is 40.5 Å². The molecule has 22 heavy (non-hydrogen) atoms. The predicted molar refractivity (Wildman–Crippen MR) is 91.1 cm³/mol. The van der Waals surface area contributed by atoms with Crippen molar-refractivity contribution in [3.8, 4) is 0 Å². The monoisotopic (exact) mass is 324 g/mol. The van der Waals surface area contributed by atoms with Crippen LogP contribution in [0.4, 0.5) is 5.69 Å². The van der Waals surface area contributed by atoms with E-state index in [1.807, 2.05) is 13.0 Å². The minimum absolute atomic E-state index is 0.184. The molecule has 4 nitrogen and oxygen atoms in total. The average molecular weight is 325 g/mol. The molecule has 5 heteroatoms. The van der Waals surface area contributed by atoms with Gasteiger partial charge in [0.1, 0.15) is 5.41 Å². The lowest BCUT2D eigenvalue weighted by molar-refractivity contribution is -0.145. The SMILES string of the molecule is CCCCN(C)C(=O)C(C)(C)C(=O)Nc1ccc(C)c(Cl)c1. The lowest BCUT2D eigenvalue weighted by Crippen LogP contribution is -2.46. The van der Waals surface area contributed by atoms with Gasteiger partial charge in [-0.05, 0) is 44.9 Å². The third-order valence-electron chi connectivity index (χ3n) is 3.73. The van der Waals surface area contributed by atoms with Crippen LogP contribution in [0, 0.1) is 12.3 Å². The van der Waals surface area contributed by atoms with E-state index < -0.39 is 5.41 Å². The van der Waals surface area contributed by atoms with E-state index in [9.17, 15) is 9.59 Å². The zero-order valence-electron chi connectivity index (χ0n) is 14.0. The normalized spacial score (nSPS) is 11.2.